The first-order chi connectivity index (χ1) is 15.7. The number of likely N-dealkylation sites (tertiary alicyclic amines) is 1. The van der Waals surface area contributed by atoms with E-state index in [9.17, 15) is 14.4 Å². The summed E-state index contributed by atoms with van der Waals surface area (Å²) in [6.45, 7) is 15.3. The van der Waals surface area contributed by atoms with Gasteiger partial charge in [0, 0.05) is 19.6 Å². The van der Waals surface area contributed by atoms with E-state index < -0.39 is 0 Å². The topological polar surface area (TPSA) is 87.5 Å². The summed E-state index contributed by atoms with van der Waals surface area (Å²) in [4.78, 5) is 48.4. The van der Waals surface area contributed by atoms with Crippen molar-refractivity contribution in [2.24, 2.45) is 11.8 Å². The van der Waals surface area contributed by atoms with Gasteiger partial charge in [0.2, 0.25) is 5.91 Å². The van der Waals surface area contributed by atoms with E-state index in [2.05, 4.69) is 42.9 Å². The van der Waals surface area contributed by atoms with Crippen LogP contribution in [0.4, 0.5) is 0 Å². The Morgan fingerprint density at radius 1 is 1.21 bits per heavy atom. The van der Waals surface area contributed by atoms with Gasteiger partial charge in [-0.3, -0.25) is 19.0 Å². The highest BCUT2D eigenvalue weighted by Gasteiger charge is 2.26. The smallest absolute Gasteiger partial charge is 0.262 e. The average Bonchev–Trinajstić information content (AvgIpc) is 3.12. The minimum atomic E-state index is -0.263. The predicted molar refractivity (Wildman–Crippen MR) is 133 cm³/mol. The number of aromatic nitrogens is 2. The van der Waals surface area contributed by atoms with Crippen LogP contribution < -0.4 is 10.9 Å². The molecule has 2 atom stereocenters. The fourth-order valence-corrected chi connectivity index (χ4v) is 5.78. The van der Waals surface area contributed by atoms with Crippen LogP contribution in [-0.4, -0.2) is 70.4 Å². The number of hydrogen-bond acceptors (Lipinski definition) is 6. The SMILES string of the molecule is CCN(CC)CCCNC(=O)c1sc2ncn(CC(=O)N3C[C@H](C)C[C@@H](C)C3)c(=O)c2c1C. The van der Waals surface area contributed by atoms with E-state index in [0.717, 1.165) is 45.6 Å². The number of carbonyl (C=O) groups excluding carboxylic acids is 2. The van der Waals surface area contributed by atoms with Crippen molar-refractivity contribution < 1.29 is 9.59 Å². The van der Waals surface area contributed by atoms with Gasteiger partial charge < -0.3 is 15.1 Å². The number of piperidine rings is 1. The van der Waals surface area contributed by atoms with E-state index in [1.54, 1.807) is 6.92 Å². The molecule has 2 aromatic heterocycles. The Labute approximate surface area is 200 Å². The number of amides is 2. The Morgan fingerprint density at radius 2 is 1.88 bits per heavy atom. The molecule has 3 heterocycles. The lowest BCUT2D eigenvalue weighted by Crippen LogP contribution is -2.44. The Bertz CT molecular complexity index is 1030. The molecule has 0 radical (unpaired) electrons. The summed E-state index contributed by atoms with van der Waals surface area (Å²) in [6, 6.07) is 0. The van der Waals surface area contributed by atoms with Crippen LogP contribution >= 0.6 is 11.3 Å². The van der Waals surface area contributed by atoms with Crippen molar-refractivity contribution in [1.29, 1.82) is 0 Å². The molecule has 0 aromatic carbocycles. The Hall–Kier alpha value is -2.26. The first-order valence-corrected chi connectivity index (χ1v) is 12.8. The Balaban J connectivity index is 1.70. The normalized spacial score (nSPS) is 18.8. The maximum Gasteiger partial charge on any atom is 0.262 e. The second kappa shape index (κ2) is 11.2. The summed E-state index contributed by atoms with van der Waals surface area (Å²) in [7, 11) is 0. The monoisotopic (exact) mass is 475 g/mol. The molecule has 1 aliphatic heterocycles. The van der Waals surface area contributed by atoms with Gasteiger partial charge in [0.25, 0.3) is 11.5 Å². The van der Waals surface area contributed by atoms with Crippen LogP contribution in [0.1, 0.15) is 55.8 Å². The quantitative estimate of drug-likeness (QED) is 0.564. The zero-order chi connectivity index (χ0) is 24.1. The van der Waals surface area contributed by atoms with Gasteiger partial charge in [-0.2, -0.15) is 0 Å². The van der Waals surface area contributed by atoms with E-state index >= 15 is 0 Å². The predicted octanol–water partition coefficient (Wildman–Crippen LogP) is 2.73. The maximum atomic E-state index is 13.2. The van der Waals surface area contributed by atoms with Crippen molar-refractivity contribution in [1.82, 2.24) is 24.7 Å². The van der Waals surface area contributed by atoms with Crippen LogP contribution in [0.5, 0.6) is 0 Å². The first-order valence-electron chi connectivity index (χ1n) is 12.0. The molecule has 2 amide bonds. The third kappa shape index (κ3) is 6.00. The summed E-state index contributed by atoms with van der Waals surface area (Å²) in [5, 5.41) is 3.40. The summed E-state index contributed by atoms with van der Waals surface area (Å²) < 4.78 is 1.38. The summed E-state index contributed by atoms with van der Waals surface area (Å²) in [5.41, 5.74) is 0.372. The molecule has 1 N–H and O–H groups in total. The van der Waals surface area contributed by atoms with Crippen LogP contribution in [0.15, 0.2) is 11.1 Å². The van der Waals surface area contributed by atoms with Gasteiger partial charge in [-0.25, -0.2) is 4.98 Å². The molecule has 2 aromatic rings. The molecule has 1 aliphatic rings. The number of thiophene rings is 1. The van der Waals surface area contributed by atoms with E-state index in [-0.39, 0.29) is 23.9 Å². The molecule has 8 nitrogen and oxygen atoms in total. The van der Waals surface area contributed by atoms with Gasteiger partial charge in [0.05, 0.1) is 16.6 Å². The van der Waals surface area contributed by atoms with Gasteiger partial charge in [-0.1, -0.05) is 27.7 Å². The van der Waals surface area contributed by atoms with Gasteiger partial charge in [0.1, 0.15) is 11.4 Å². The van der Waals surface area contributed by atoms with E-state index in [4.69, 9.17) is 0 Å². The molecular formula is C24H37N5O3S. The molecule has 1 fully saturated rings. The Kier molecular flexibility index (Phi) is 8.64. The first kappa shape index (κ1) is 25.4. The summed E-state index contributed by atoms with van der Waals surface area (Å²) in [6.07, 6.45) is 3.42. The van der Waals surface area contributed by atoms with E-state index in [1.807, 2.05) is 4.90 Å². The molecule has 0 aliphatic carbocycles. The second-order valence-electron chi connectivity index (χ2n) is 9.30. The van der Waals surface area contributed by atoms with Gasteiger partial charge >= 0.3 is 0 Å². The summed E-state index contributed by atoms with van der Waals surface area (Å²) >= 11 is 1.23. The molecule has 9 heteroatoms. The molecule has 0 spiro atoms. The lowest BCUT2D eigenvalue weighted by molar-refractivity contribution is -0.134. The minimum absolute atomic E-state index is 0.0244. The molecule has 33 heavy (non-hydrogen) atoms. The van der Waals surface area contributed by atoms with Crippen LogP contribution in [-0.2, 0) is 11.3 Å². The van der Waals surface area contributed by atoms with Crippen molar-refractivity contribution in [3.05, 3.63) is 27.1 Å². The molecular weight excluding hydrogens is 438 g/mol. The maximum absolute atomic E-state index is 13.2. The minimum Gasteiger partial charge on any atom is -0.351 e. The number of aryl methyl sites for hydroxylation is 1. The number of hydrogen-bond donors (Lipinski definition) is 1. The van der Waals surface area contributed by atoms with Crippen molar-refractivity contribution in [2.45, 2.75) is 54.0 Å². The fourth-order valence-electron chi connectivity index (χ4n) is 4.73. The lowest BCUT2D eigenvalue weighted by atomic mass is 9.92. The van der Waals surface area contributed by atoms with Crippen LogP contribution in [0.2, 0.25) is 0 Å². The van der Waals surface area contributed by atoms with Crippen LogP contribution in [0.3, 0.4) is 0 Å². The highest BCUT2D eigenvalue weighted by atomic mass is 32.1. The fraction of sp³-hybridized carbons (Fsp3) is 0.667. The van der Waals surface area contributed by atoms with Crippen LogP contribution in [0, 0.1) is 18.8 Å². The molecule has 0 saturated carbocycles. The van der Waals surface area contributed by atoms with Crippen molar-refractivity contribution >= 4 is 33.4 Å². The zero-order valence-electron chi connectivity index (χ0n) is 20.5. The number of nitrogens with zero attached hydrogens (tertiary/aromatic N) is 4. The largest absolute Gasteiger partial charge is 0.351 e. The van der Waals surface area contributed by atoms with Gasteiger partial charge in [-0.15, -0.1) is 11.3 Å². The van der Waals surface area contributed by atoms with Crippen molar-refractivity contribution in [3.8, 4) is 0 Å². The number of rotatable bonds is 9. The molecule has 1 saturated heterocycles. The zero-order valence-corrected chi connectivity index (χ0v) is 21.3. The second-order valence-corrected chi connectivity index (χ2v) is 10.3. The number of fused-ring (bicyclic) bond motifs is 1. The third-order valence-corrected chi connectivity index (χ3v) is 7.68. The van der Waals surface area contributed by atoms with Crippen LogP contribution in [0.25, 0.3) is 10.2 Å². The molecule has 0 unspecified atom stereocenters. The van der Waals surface area contributed by atoms with E-state index in [1.165, 1.54) is 22.2 Å². The van der Waals surface area contributed by atoms with Gasteiger partial charge in [-0.05, 0) is 56.8 Å². The molecule has 0 bridgehead atoms. The molecule has 3 rings (SSSR count). The van der Waals surface area contributed by atoms with Crippen molar-refractivity contribution in [2.75, 3.05) is 39.3 Å². The van der Waals surface area contributed by atoms with Crippen molar-refractivity contribution in [3.63, 3.8) is 0 Å². The summed E-state index contributed by atoms with van der Waals surface area (Å²) in [5.74, 6) is 0.688. The highest BCUT2D eigenvalue weighted by molar-refractivity contribution is 7.20. The van der Waals surface area contributed by atoms with Gasteiger partial charge in [0.15, 0.2) is 0 Å². The number of carbonyl (C=O) groups is 2. The number of nitrogens with one attached hydrogen (secondary N) is 1. The van der Waals surface area contributed by atoms with E-state index in [0.29, 0.717) is 39.0 Å². The lowest BCUT2D eigenvalue weighted by Gasteiger charge is -2.35. The Morgan fingerprint density at radius 3 is 2.52 bits per heavy atom. The standard InChI is InChI=1S/C24H37N5O3S/c1-6-27(7-2)10-8-9-25-22(31)21-18(5)20-23(33-21)26-15-29(24(20)32)14-19(30)28-12-16(3)11-17(4)13-28/h15-17H,6-14H2,1-5H3,(H,25,31)/t16-,17-/m1/s1. The highest BCUT2D eigenvalue weighted by Crippen LogP contribution is 2.27. The third-order valence-electron chi connectivity index (χ3n) is 6.48. The molecule has 182 valence electrons. The average molecular weight is 476 g/mol.